The Hall–Kier alpha value is -0.810. The molecule has 0 radical (unpaired) electrons. The van der Waals surface area contributed by atoms with Crippen LogP contribution in [-0.4, -0.2) is 0 Å². The van der Waals surface area contributed by atoms with Gasteiger partial charge in [0.15, 0.2) is 0 Å². The van der Waals surface area contributed by atoms with Crippen LogP contribution in [0, 0.1) is 11.3 Å². The third-order valence-electron chi connectivity index (χ3n) is 0.973. The van der Waals surface area contributed by atoms with Crippen LogP contribution >= 0.6 is 15.9 Å². The predicted molar refractivity (Wildman–Crippen MR) is 38.9 cm³/mol. The Morgan fingerprint density at radius 1 is 1.22 bits per heavy atom. The van der Waals surface area contributed by atoms with Crippen molar-refractivity contribution < 1.29 is 0 Å². The van der Waals surface area contributed by atoms with Crippen LogP contribution in [-0.2, 0) is 0 Å². The lowest BCUT2D eigenvalue weighted by atomic mass is 10.3. The Labute approximate surface area is 62.1 Å². The topological polar surface area (TPSA) is 23.8 Å². The molecule has 1 rings (SSSR count). The first-order valence-corrected chi connectivity index (χ1v) is 3.28. The summed E-state index contributed by atoms with van der Waals surface area (Å²) < 4.78 is 1.00. The van der Waals surface area contributed by atoms with E-state index in [0.29, 0.717) is 5.56 Å². The highest BCUT2D eigenvalue weighted by atomic mass is 79.9. The van der Waals surface area contributed by atoms with Crippen molar-refractivity contribution >= 4 is 15.9 Å². The van der Waals surface area contributed by atoms with Crippen molar-refractivity contribution in [3.8, 4) is 6.07 Å². The van der Waals surface area contributed by atoms with Gasteiger partial charge in [0.25, 0.3) is 0 Å². The van der Waals surface area contributed by atoms with Crippen LogP contribution in [0.15, 0.2) is 28.7 Å². The molecular formula is C7H4BrN. The van der Waals surface area contributed by atoms with Gasteiger partial charge in [-0.3, -0.25) is 0 Å². The van der Waals surface area contributed by atoms with Crippen LogP contribution in [0.25, 0.3) is 0 Å². The van der Waals surface area contributed by atoms with Gasteiger partial charge in [-0.05, 0) is 24.3 Å². The largest absolute Gasteiger partial charge is 0.192 e. The highest BCUT2D eigenvalue weighted by Gasteiger charge is 1.86. The molecule has 0 fully saturated rings. The number of nitrogens with zero attached hydrogens (tertiary/aromatic N) is 1. The van der Waals surface area contributed by atoms with Gasteiger partial charge in [-0.15, -0.1) is 0 Å². The number of benzene rings is 1. The fourth-order valence-electron chi connectivity index (χ4n) is 0.524. The fraction of sp³-hybridized carbons (Fsp3) is 0. The summed E-state index contributed by atoms with van der Waals surface area (Å²) in [5, 5.41) is 8.36. The van der Waals surface area contributed by atoms with E-state index >= 15 is 0 Å². The highest BCUT2D eigenvalue weighted by molar-refractivity contribution is 9.10. The summed E-state index contributed by atoms with van der Waals surface area (Å²) in [7, 11) is 0. The van der Waals surface area contributed by atoms with E-state index < -0.39 is 0 Å². The number of halogens is 1. The molecule has 0 bridgehead atoms. The summed E-state index contributed by atoms with van der Waals surface area (Å²) >= 11 is 3.27. The zero-order valence-electron chi connectivity index (χ0n) is 4.63. The second-order valence-electron chi connectivity index (χ2n) is 1.62. The Morgan fingerprint density at radius 3 is 2.22 bits per heavy atom. The molecule has 1 aromatic carbocycles. The first kappa shape index (κ1) is 6.31. The minimum absolute atomic E-state index is 0.693. The zero-order valence-corrected chi connectivity index (χ0v) is 6.22. The van der Waals surface area contributed by atoms with Gasteiger partial charge in [0.1, 0.15) is 0 Å². The number of rotatable bonds is 0. The molecule has 0 unspecified atom stereocenters. The van der Waals surface area contributed by atoms with Gasteiger partial charge < -0.3 is 0 Å². The molecule has 0 spiro atoms. The smallest absolute Gasteiger partial charge is 0.0991 e. The SMILES string of the molecule is [15N]#[13C]c1ccc(Br)cc1. The lowest BCUT2D eigenvalue weighted by Crippen LogP contribution is -1.69. The number of nitriles is 1. The van der Waals surface area contributed by atoms with Crippen LogP contribution in [0.4, 0.5) is 0 Å². The average Bonchev–Trinajstić information content (AvgIpc) is 1.90. The van der Waals surface area contributed by atoms with Crippen molar-refractivity contribution in [2.75, 3.05) is 0 Å². The van der Waals surface area contributed by atoms with Crippen molar-refractivity contribution in [1.82, 2.24) is 0 Å². The quantitative estimate of drug-likeness (QED) is 0.448. The molecule has 0 amide bonds. The summed E-state index contributed by atoms with van der Waals surface area (Å²) in [6, 6.07) is 9.26. The molecule has 0 N–H and O–H groups in total. The summed E-state index contributed by atoms with van der Waals surface area (Å²) in [6.45, 7) is 0. The van der Waals surface area contributed by atoms with E-state index in [1.54, 1.807) is 12.1 Å². The van der Waals surface area contributed by atoms with Gasteiger partial charge in [0.05, 0.1) is 11.6 Å². The molecule has 44 valence electrons. The van der Waals surface area contributed by atoms with Gasteiger partial charge >= 0.3 is 0 Å². The maximum atomic E-state index is 8.36. The molecule has 2 heteroatoms. The van der Waals surface area contributed by atoms with Crippen molar-refractivity contribution in [2.24, 2.45) is 0 Å². The minimum atomic E-state index is 0.693. The molecule has 1 aromatic rings. The normalized spacial score (nSPS) is 8.44. The Morgan fingerprint density at radius 2 is 1.78 bits per heavy atom. The van der Waals surface area contributed by atoms with E-state index in [1.165, 1.54) is 0 Å². The Balaban J connectivity index is 3.06. The lowest BCUT2D eigenvalue weighted by molar-refractivity contribution is 1.48. The van der Waals surface area contributed by atoms with E-state index in [-0.39, 0.29) is 0 Å². The zero-order chi connectivity index (χ0) is 6.69. The van der Waals surface area contributed by atoms with Gasteiger partial charge in [0.2, 0.25) is 0 Å². The fourth-order valence-corrected chi connectivity index (χ4v) is 0.789. The molecule has 0 aliphatic rings. The molecular weight excluding hydrogens is 180 g/mol. The summed E-state index contributed by atoms with van der Waals surface area (Å²) in [4.78, 5) is 0. The molecule has 0 saturated heterocycles. The van der Waals surface area contributed by atoms with E-state index in [1.807, 2.05) is 18.2 Å². The second kappa shape index (κ2) is 2.65. The van der Waals surface area contributed by atoms with E-state index in [9.17, 15) is 0 Å². The van der Waals surface area contributed by atoms with Crippen LogP contribution in [0.2, 0.25) is 0 Å². The van der Waals surface area contributed by atoms with Crippen molar-refractivity contribution in [3.05, 3.63) is 34.3 Å². The predicted octanol–water partition coefficient (Wildman–Crippen LogP) is 2.32. The van der Waals surface area contributed by atoms with Crippen LogP contribution in [0.5, 0.6) is 0 Å². The first-order valence-electron chi connectivity index (χ1n) is 2.48. The van der Waals surface area contributed by atoms with Gasteiger partial charge in [-0.2, -0.15) is 5.26 Å². The van der Waals surface area contributed by atoms with Crippen molar-refractivity contribution in [3.63, 3.8) is 0 Å². The Kier molecular flexibility index (Phi) is 1.86. The standard InChI is InChI=1S/C7H4BrN/c8-7-3-1-6(5-9)2-4-7/h1-4H/i5+1,9+1. The summed E-state index contributed by atoms with van der Waals surface area (Å²) in [5.41, 5.74) is 0.693. The van der Waals surface area contributed by atoms with E-state index in [0.717, 1.165) is 4.47 Å². The molecule has 0 aliphatic carbocycles. The van der Waals surface area contributed by atoms with Crippen LogP contribution in [0.1, 0.15) is 5.56 Å². The van der Waals surface area contributed by atoms with Crippen molar-refractivity contribution in [1.29, 1.82) is 5.26 Å². The molecule has 0 heterocycles. The third kappa shape index (κ3) is 1.55. The second-order valence-corrected chi connectivity index (χ2v) is 2.53. The maximum absolute atomic E-state index is 8.36. The van der Waals surface area contributed by atoms with Gasteiger partial charge in [0, 0.05) is 4.47 Å². The summed E-state index contributed by atoms with van der Waals surface area (Å²) in [5.74, 6) is 0. The third-order valence-corrected chi connectivity index (χ3v) is 1.50. The maximum Gasteiger partial charge on any atom is 0.0991 e. The highest BCUT2D eigenvalue weighted by Crippen LogP contribution is 2.08. The number of hydrogen-bond acceptors (Lipinski definition) is 1. The molecule has 0 atom stereocenters. The lowest BCUT2D eigenvalue weighted by Gasteiger charge is -1.86. The van der Waals surface area contributed by atoms with Crippen LogP contribution < -0.4 is 0 Å². The van der Waals surface area contributed by atoms with E-state index in [2.05, 4.69) is 15.9 Å². The molecule has 0 saturated carbocycles. The molecule has 9 heavy (non-hydrogen) atoms. The van der Waals surface area contributed by atoms with Crippen LogP contribution in [0.3, 0.4) is 0 Å². The molecule has 1 nitrogen and oxygen atoms in total. The minimum Gasteiger partial charge on any atom is -0.192 e. The van der Waals surface area contributed by atoms with E-state index in [4.69, 9.17) is 5.26 Å². The molecule has 0 aromatic heterocycles. The van der Waals surface area contributed by atoms with Crippen molar-refractivity contribution in [2.45, 2.75) is 0 Å². The summed E-state index contributed by atoms with van der Waals surface area (Å²) in [6.07, 6.45) is 0. The number of hydrogen-bond donors (Lipinski definition) is 0. The monoisotopic (exact) mass is 183 g/mol. The Bertz CT molecular complexity index is 232. The van der Waals surface area contributed by atoms with Gasteiger partial charge in [-0.1, -0.05) is 15.9 Å². The average molecular weight is 184 g/mol. The first-order chi connectivity index (χ1) is 4.33. The molecule has 0 aliphatic heterocycles. The van der Waals surface area contributed by atoms with Gasteiger partial charge in [-0.25, -0.2) is 0 Å².